The van der Waals surface area contributed by atoms with Crippen LogP contribution in [0.2, 0.25) is 5.02 Å². The van der Waals surface area contributed by atoms with Gasteiger partial charge in [0.2, 0.25) is 10.0 Å². The normalized spacial score (nSPS) is 17.6. The van der Waals surface area contributed by atoms with E-state index in [0.717, 1.165) is 23.7 Å². The number of nitrogens with zero attached hydrogens (tertiary/aromatic N) is 2. The topological polar surface area (TPSA) is 42.3 Å². The van der Waals surface area contributed by atoms with E-state index in [1.165, 1.54) is 34.3 Å². The fourth-order valence-electron chi connectivity index (χ4n) is 3.59. The molecule has 0 saturated heterocycles. The molecule has 0 spiro atoms. The van der Waals surface area contributed by atoms with E-state index in [1.54, 1.807) is 7.05 Å². The van der Waals surface area contributed by atoms with Gasteiger partial charge in [-0.05, 0) is 60.7 Å². The molecule has 7 heteroatoms. The minimum Gasteiger partial charge on any atom is -0.343 e. The molecule has 1 aromatic heterocycles. The number of aromatic nitrogens is 1. The van der Waals surface area contributed by atoms with E-state index < -0.39 is 15.8 Å². The van der Waals surface area contributed by atoms with Crippen LogP contribution in [0, 0.1) is 5.82 Å². The summed E-state index contributed by atoms with van der Waals surface area (Å²) in [5.74, 6) is -0.454. The summed E-state index contributed by atoms with van der Waals surface area (Å²) in [5, 5.41) is 1.77. The molecule has 0 amide bonds. The number of fused-ring (bicyclic) bond motifs is 3. The summed E-state index contributed by atoms with van der Waals surface area (Å²) in [5.41, 5.74) is 2.20. The van der Waals surface area contributed by atoms with Crippen molar-refractivity contribution < 1.29 is 12.8 Å². The van der Waals surface area contributed by atoms with Crippen molar-refractivity contribution >= 4 is 32.5 Å². The summed E-state index contributed by atoms with van der Waals surface area (Å²) in [7, 11) is -2.08. The Balaban J connectivity index is 1.66. The molecule has 0 N–H and O–H groups in total. The maximum atomic E-state index is 13.1. The molecule has 1 aliphatic rings. The van der Waals surface area contributed by atoms with Crippen LogP contribution in [-0.4, -0.2) is 30.4 Å². The molecule has 0 radical (unpaired) electrons. The Hall–Kier alpha value is -1.89. The maximum absolute atomic E-state index is 13.1. The summed E-state index contributed by atoms with van der Waals surface area (Å²) in [6.07, 6.45) is 1.53. The summed E-state index contributed by atoms with van der Waals surface area (Å²) in [4.78, 5) is 0.104. The third-order valence-electron chi connectivity index (χ3n) is 5.08. The molecule has 136 valence electrons. The van der Waals surface area contributed by atoms with Crippen molar-refractivity contribution in [2.75, 3.05) is 7.05 Å². The molecule has 1 atom stereocenters. The van der Waals surface area contributed by atoms with E-state index in [9.17, 15) is 12.8 Å². The zero-order valence-electron chi connectivity index (χ0n) is 14.2. The van der Waals surface area contributed by atoms with Gasteiger partial charge in [-0.2, -0.15) is 4.31 Å². The molecule has 3 aromatic rings. The van der Waals surface area contributed by atoms with Gasteiger partial charge >= 0.3 is 0 Å². The number of likely N-dealkylation sites (N-methyl/N-ethyl adjacent to an activating group) is 1. The highest BCUT2D eigenvalue weighted by Crippen LogP contribution is 2.30. The predicted molar refractivity (Wildman–Crippen MR) is 100 cm³/mol. The third-order valence-corrected chi connectivity index (χ3v) is 7.24. The standard InChI is InChI=1S/C19H18ClFN2O2S/c1-22(26(24,25)18-8-4-15(21)5-9-18)17-7-6-16-10-13-2-3-14(20)11-19(13)23(16)12-17/h2-5,8-11,17H,6-7,12H2,1H3. The van der Waals surface area contributed by atoms with Gasteiger partial charge in [0.25, 0.3) is 0 Å². The van der Waals surface area contributed by atoms with E-state index in [-0.39, 0.29) is 10.9 Å². The largest absolute Gasteiger partial charge is 0.343 e. The number of hydrogen-bond acceptors (Lipinski definition) is 2. The van der Waals surface area contributed by atoms with Gasteiger partial charge < -0.3 is 4.57 Å². The lowest BCUT2D eigenvalue weighted by Gasteiger charge is -2.32. The van der Waals surface area contributed by atoms with Crippen LogP contribution in [0.25, 0.3) is 10.9 Å². The first kappa shape index (κ1) is 17.5. The lowest BCUT2D eigenvalue weighted by Crippen LogP contribution is -2.42. The third kappa shape index (κ3) is 2.92. The molecule has 4 rings (SSSR count). The van der Waals surface area contributed by atoms with Crippen LogP contribution >= 0.6 is 11.6 Å². The molecule has 0 saturated carbocycles. The van der Waals surface area contributed by atoms with Crippen LogP contribution in [0.4, 0.5) is 4.39 Å². The van der Waals surface area contributed by atoms with Gasteiger partial charge in [0, 0.05) is 35.9 Å². The maximum Gasteiger partial charge on any atom is 0.243 e. The average molecular weight is 393 g/mol. The molecule has 0 fully saturated rings. The second kappa shape index (κ2) is 6.37. The van der Waals surface area contributed by atoms with Gasteiger partial charge in [0.05, 0.1) is 4.90 Å². The van der Waals surface area contributed by atoms with Crippen molar-refractivity contribution in [1.82, 2.24) is 8.87 Å². The Bertz CT molecular complexity index is 1080. The number of sulfonamides is 1. The van der Waals surface area contributed by atoms with Crippen LogP contribution in [0.3, 0.4) is 0 Å². The van der Waals surface area contributed by atoms with E-state index >= 15 is 0 Å². The Morgan fingerprint density at radius 3 is 2.62 bits per heavy atom. The second-order valence-corrected chi connectivity index (χ2v) is 9.05. The van der Waals surface area contributed by atoms with Crippen LogP contribution in [0.5, 0.6) is 0 Å². The van der Waals surface area contributed by atoms with E-state index in [1.807, 2.05) is 18.2 Å². The van der Waals surface area contributed by atoms with Crippen LogP contribution < -0.4 is 0 Å². The van der Waals surface area contributed by atoms with Gasteiger partial charge in [0.15, 0.2) is 0 Å². The first-order valence-electron chi connectivity index (χ1n) is 8.37. The highest BCUT2D eigenvalue weighted by Gasteiger charge is 2.31. The Kier molecular flexibility index (Phi) is 4.29. The smallest absolute Gasteiger partial charge is 0.243 e. The Morgan fingerprint density at radius 2 is 1.88 bits per heavy atom. The zero-order chi connectivity index (χ0) is 18.5. The minimum absolute atomic E-state index is 0.104. The number of halogens is 2. The zero-order valence-corrected chi connectivity index (χ0v) is 15.8. The molecule has 0 bridgehead atoms. The van der Waals surface area contributed by atoms with Gasteiger partial charge in [-0.25, -0.2) is 12.8 Å². The SMILES string of the molecule is CN(C1CCc2cc3ccc(Cl)cc3n2C1)S(=O)(=O)c1ccc(F)cc1. The molecule has 1 aliphatic heterocycles. The molecule has 4 nitrogen and oxygen atoms in total. The van der Waals surface area contributed by atoms with Crippen molar-refractivity contribution in [3.05, 3.63) is 65.1 Å². The summed E-state index contributed by atoms with van der Waals surface area (Å²) < 4.78 is 42.4. The molecule has 26 heavy (non-hydrogen) atoms. The van der Waals surface area contributed by atoms with Crippen molar-refractivity contribution in [1.29, 1.82) is 0 Å². The summed E-state index contributed by atoms with van der Waals surface area (Å²) in [6.45, 7) is 0.566. The van der Waals surface area contributed by atoms with Crippen LogP contribution in [0.15, 0.2) is 53.4 Å². The second-order valence-electron chi connectivity index (χ2n) is 6.62. The monoisotopic (exact) mass is 392 g/mol. The van der Waals surface area contributed by atoms with Gasteiger partial charge in [-0.3, -0.25) is 0 Å². The quantitative estimate of drug-likeness (QED) is 0.674. The molecule has 2 heterocycles. The number of aryl methyl sites for hydroxylation is 1. The van der Waals surface area contributed by atoms with Crippen molar-refractivity contribution in [3.8, 4) is 0 Å². The lowest BCUT2D eigenvalue weighted by molar-refractivity contribution is 0.294. The highest BCUT2D eigenvalue weighted by atomic mass is 35.5. The predicted octanol–water partition coefficient (Wildman–Crippen LogP) is 4.07. The highest BCUT2D eigenvalue weighted by molar-refractivity contribution is 7.89. The Labute approximate surface area is 156 Å². The first-order chi connectivity index (χ1) is 12.4. The van der Waals surface area contributed by atoms with Gasteiger partial charge in [-0.1, -0.05) is 17.7 Å². The van der Waals surface area contributed by atoms with Gasteiger partial charge in [-0.15, -0.1) is 0 Å². The van der Waals surface area contributed by atoms with E-state index in [4.69, 9.17) is 11.6 Å². The van der Waals surface area contributed by atoms with E-state index in [2.05, 4.69) is 10.6 Å². The van der Waals surface area contributed by atoms with Gasteiger partial charge in [0.1, 0.15) is 5.82 Å². The Morgan fingerprint density at radius 1 is 1.15 bits per heavy atom. The lowest BCUT2D eigenvalue weighted by atomic mass is 10.1. The minimum atomic E-state index is -3.68. The van der Waals surface area contributed by atoms with Crippen molar-refractivity contribution in [3.63, 3.8) is 0 Å². The molecule has 0 aliphatic carbocycles. The average Bonchev–Trinajstić information content (AvgIpc) is 2.98. The molecular weight excluding hydrogens is 375 g/mol. The number of hydrogen-bond donors (Lipinski definition) is 0. The molecular formula is C19H18ClFN2O2S. The van der Waals surface area contributed by atoms with Crippen molar-refractivity contribution in [2.45, 2.75) is 30.3 Å². The fourth-order valence-corrected chi connectivity index (χ4v) is 5.13. The van der Waals surface area contributed by atoms with Crippen LogP contribution in [-0.2, 0) is 23.0 Å². The molecule has 1 unspecified atom stereocenters. The van der Waals surface area contributed by atoms with Crippen molar-refractivity contribution in [2.24, 2.45) is 0 Å². The molecule has 2 aromatic carbocycles. The first-order valence-corrected chi connectivity index (χ1v) is 10.2. The number of benzene rings is 2. The summed E-state index contributed by atoms with van der Waals surface area (Å²) >= 11 is 6.13. The van der Waals surface area contributed by atoms with Crippen LogP contribution in [0.1, 0.15) is 12.1 Å². The fraction of sp³-hybridized carbons (Fsp3) is 0.263. The van der Waals surface area contributed by atoms with E-state index in [0.29, 0.717) is 11.6 Å². The summed E-state index contributed by atoms with van der Waals surface area (Å²) in [6, 6.07) is 12.7. The number of rotatable bonds is 3.